The van der Waals surface area contributed by atoms with Crippen LogP contribution in [0, 0.1) is 11.7 Å². The van der Waals surface area contributed by atoms with Crippen LogP contribution in [0.5, 0.6) is 6.01 Å². The Bertz CT molecular complexity index is 1240. The van der Waals surface area contributed by atoms with E-state index in [1.165, 1.54) is 5.56 Å². The van der Waals surface area contributed by atoms with Gasteiger partial charge in [-0.05, 0) is 53.4 Å². The van der Waals surface area contributed by atoms with E-state index in [0.717, 1.165) is 58.7 Å². The van der Waals surface area contributed by atoms with E-state index in [2.05, 4.69) is 68.0 Å². The molecule has 0 saturated carbocycles. The van der Waals surface area contributed by atoms with E-state index in [9.17, 15) is 5.11 Å². The van der Waals surface area contributed by atoms with Gasteiger partial charge in [-0.15, -0.1) is 0 Å². The van der Waals surface area contributed by atoms with Crippen molar-refractivity contribution in [1.82, 2.24) is 19.8 Å². The largest absolute Gasteiger partial charge is 0.463 e. The van der Waals surface area contributed by atoms with E-state index in [4.69, 9.17) is 9.72 Å². The monoisotopic (exact) mass is 585 g/mol. The number of anilines is 1. The fraction of sp³-hybridized carbons (Fsp3) is 0.517. The second-order valence-corrected chi connectivity index (χ2v) is 11.9. The van der Waals surface area contributed by atoms with Gasteiger partial charge in [0.2, 0.25) is 0 Å². The summed E-state index contributed by atoms with van der Waals surface area (Å²) in [5.74, 6) is 0.446. The Morgan fingerprint density at radius 2 is 1.79 bits per heavy atom. The molecule has 38 heavy (non-hydrogen) atoms. The van der Waals surface area contributed by atoms with Crippen molar-refractivity contribution < 1.29 is 14.2 Å². The quantitative estimate of drug-likeness (QED) is 0.410. The Balaban J connectivity index is 1.22. The molecular weight excluding hydrogens is 549 g/mol. The number of piperidine rings is 1. The highest BCUT2D eigenvalue weighted by atomic mass is 79.9. The average Bonchev–Trinajstić information content (AvgIpc) is 2.90. The summed E-state index contributed by atoms with van der Waals surface area (Å²) in [7, 11) is 0. The molecule has 1 aromatic heterocycles. The number of aliphatic hydroxyl groups is 1. The van der Waals surface area contributed by atoms with Crippen LogP contribution < -0.4 is 9.64 Å². The minimum atomic E-state index is -0.815. The minimum absolute atomic E-state index is 0.175. The van der Waals surface area contributed by atoms with Gasteiger partial charge in [0.15, 0.2) is 5.82 Å². The van der Waals surface area contributed by atoms with Crippen LogP contribution in [0.1, 0.15) is 32.3 Å². The molecule has 2 fully saturated rings. The first-order valence-corrected chi connectivity index (χ1v) is 14.3. The molecule has 5 rings (SSSR count). The average molecular weight is 587 g/mol. The molecule has 204 valence electrons. The molecule has 0 aliphatic carbocycles. The van der Waals surface area contributed by atoms with Gasteiger partial charge in [0.05, 0.1) is 16.7 Å². The highest BCUT2D eigenvalue weighted by Gasteiger charge is 2.31. The molecule has 2 aliphatic heterocycles. The number of hydrogen-bond acceptors (Lipinski definition) is 7. The number of ether oxygens (including phenoxy) is 1. The van der Waals surface area contributed by atoms with Gasteiger partial charge in [-0.2, -0.15) is 9.97 Å². The molecule has 0 radical (unpaired) electrons. The molecule has 1 unspecified atom stereocenters. The molecule has 0 spiro atoms. The number of hydrogen-bond donors (Lipinski definition) is 1. The molecule has 1 N–H and O–H groups in total. The van der Waals surface area contributed by atoms with Crippen LogP contribution in [0.25, 0.3) is 10.9 Å². The van der Waals surface area contributed by atoms with Crippen molar-refractivity contribution in [2.24, 2.45) is 5.92 Å². The lowest BCUT2D eigenvalue weighted by Crippen LogP contribution is -2.47. The minimum Gasteiger partial charge on any atom is -0.463 e. The van der Waals surface area contributed by atoms with Crippen LogP contribution in [-0.4, -0.2) is 82.9 Å². The van der Waals surface area contributed by atoms with Crippen molar-refractivity contribution in [3.05, 3.63) is 58.3 Å². The van der Waals surface area contributed by atoms with Crippen molar-refractivity contribution in [1.29, 1.82) is 0 Å². The number of halogens is 2. The van der Waals surface area contributed by atoms with Crippen molar-refractivity contribution in [3.8, 4) is 6.01 Å². The zero-order valence-electron chi connectivity index (χ0n) is 22.2. The maximum Gasteiger partial charge on any atom is 0.319 e. The van der Waals surface area contributed by atoms with Crippen molar-refractivity contribution in [2.75, 3.05) is 57.3 Å². The van der Waals surface area contributed by atoms with Gasteiger partial charge < -0.3 is 19.6 Å². The molecule has 0 bridgehead atoms. The highest BCUT2D eigenvalue weighted by Crippen LogP contribution is 2.34. The second kappa shape index (κ2) is 11.8. The first-order chi connectivity index (χ1) is 18.3. The zero-order chi connectivity index (χ0) is 26.7. The third-order valence-corrected chi connectivity index (χ3v) is 8.09. The molecular formula is C29H37BrFN5O2. The molecule has 2 aliphatic rings. The topological polar surface area (TPSA) is 65.0 Å². The maximum absolute atomic E-state index is 15.1. The van der Waals surface area contributed by atoms with Crippen molar-refractivity contribution >= 4 is 32.7 Å². The number of nitrogens with zero attached hydrogens (tertiary/aromatic N) is 5. The molecule has 9 heteroatoms. The van der Waals surface area contributed by atoms with E-state index < -0.39 is 11.4 Å². The first kappa shape index (κ1) is 27.2. The third kappa shape index (κ3) is 6.62. The standard InChI is InChI=1S/C29H37BrFN5O2/c1-21(17-34-13-15-35(16-14-34)18-22-7-4-3-5-8-22)19-38-28-32-26-23(9-10-24(30)25(26)31)27(33-28)36-12-6-11-29(2,37)20-36/h3-5,7-10,21,37H,6,11-20H2,1-2H3/t21?,29-/m1/s1. The van der Waals surface area contributed by atoms with Crippen LogP contribution in [0.2, 0.25) is 0 Å². The lowest BCUT2D eigenvalue weighted by atomic mass is 9.95. The van der Waals surface area contributed by atoms with Crippen LogP contribution in [0.3, 0.4) is 0 Å². The van der Waals surface area contributed by atoms with Gasteiger partial charge in [-0.3, -0.25) is 4.90 Å². The van der Waals surface area contributed by atoms with Gasteiger partial charge >= 0.3 is 6.01 Å². The fourth-order valence-corrected chi connectivity index (χ4v) is 5.81. The van der Waals surface area contributed by atoms with Crippen LogP contribution in [0.4, 0.5) is 10.2 Å². The zero-order valence-corrected chi connectivity index (χ0v) is 23.8. The van der Waals surface area contributed by atoms with E-state index >= 15 is 4.39 Å². The first-order valence-electron chi connectivity index (χ1n) is 13.5. The summed E-state index contributed by atoms with van der Waals surface area (Å²) in [6.07, 6.45) is 1.57. The molecule has 3 aromatic rings. The predicted molar refractivity (Wildman–Crippen MR) is 152 cm³/mol. The summed E-state index contributed by atoms with van der Waals surface area (Å²) in [5.41, 5.74) is 0.769. The van der Waals surface area contributed by atoms with Crippen LogP contribution in [0.15, 0.2) is 46.9 Å². The lowest BCUT2D eigenvalue weighted by molar-refractivity contribution is 0.0447. The number of benzene rings is 2. The molecule has 2 atom stereocenters. The Kier molecular flexibility index (Phi) is 8.47. The Labute approximate surface area is 232 Å². The van der Waals surface area contributed by atoms with E-state index in [1.54, 1.807) is 6.07 Å². The summed E-state index contributed by atoms with van der Waals surface area (Å²) in [6.45, 7) is 11.7. The number of rotatable bonds is 8. The molecule has 0 amide bonds. The molecule has 2 aromatic carbocycles. The lowest BCUT2D eigenvalue weighted by Gasteiger charge is -2.38. The van der Waals surface area contributed by atoms with Gasteiger partial charge in [0.1, 0.15) is 11.3 Å². The van der Waals surface area contributed by atoms with E-state index in [0.29, 0.717) is 28.8 Å². The summed E-state index contributed by atoms with van der Waals surface area (Å²) in [4.78, 5) is 16.2. The number of β-amino-alcohol motifs (C(OH)–C–C–N with tert-alkyl or cyclic N) is 1. The highest BCUT2D eigenvalue weighted by molar-refractivity contribution is 9.10. The van der Waals surface area contributed by atoms with Crippen LogP contribution >= 0.6 is 15.9 Å². The van der Waals surface area contributed by atoms with Gasteiger partial charge in [-0.1, -0.05) is 37.3 Å². The SMILES string of the molecule is CC(COc1nc(N2CCC[C@@](C)(O)C2)c2ccc(Br)c(F)c2n1)CN1CCN(Cc2ccccc2)CC1. The normalized spacial score (nSPS) is 22.1. The van der Waals surface area contributed by atoms with Gasteiger partial charge in [0.25, 0.3) is 0 Å². The molecule has 7 nitrogen and oxygen atoms in total. The summed E-state index contributed by atoms with van der Waals surface area (Å²) in [5, 5.41) is 11.3. The number of piperazine rings is 1. The number of aromatic nitrogens is 2. The Hall–Kier alpha value is -2.33. The Morgan fingerprint density at radius 3 is 2.53 bits per heavy atom. The summed E-state index contributed by atoms with van der Waals surface area (Å²) >= 11 is 3.28. The van der Waals surface area contributed by atoms with Crippen LogP contribution in [-0.2, 0) is 6.54 Å². The van der Waals surface area contributed by atoms with Crippen molar-refractivity contribution in [3.63, 3.8) is 0 Å². The van der Waals surface area contributed by atoms with Gasteiger partial charge in [0, 0.05) is 63.7 Å². The fourth-order valence-electron chi connectivity index (χ4n) is 5.49. The Morgan fingerprint density at radius 1 is 1.05 bits per heavy atom. The van der Waals surface area contributed by atoms with Crippen molar-refractivity contribution in [2.45, 2.75) is 38.8 Å². The maximum atomic E-state index is 15.1. The molecule has 3 heterocycles. The van der Waals surface area contributed by atoms with Gasteiger partial charge in [-0.25, -0.2) is 4.39 Å². The second-order valence-electron chi connectivity index (χ2n) is 11.1. The smallest absolute Gasteiger partial charge is 0.319 e. The predicted octanol–water partition coefficient (Wildman–Crippen LogP) is 4.72. The third-order valence-electron chi connectivity index (χ3n) is 7.47. The number of fused-ring (bicyclic) bond motifs is 1. The van der Waals surface area contributed by atoms with E-state index in [-0.39, 0.29) is 17.4 Å². The summed E-state index contributed by atoms with van der Waals surface area (Å²) in [6, 6.07) is 14.3. The molecule has 2 saturated heterocycles. The summed E-state index contributed by atoms with van der Waals surface area (Å²) < 4.78 is 21.5. The van der Waals surface area contributed by atoms with E-state index in [1.807, 2.05) is 17.9 Å².